The number of nitrogens with one attached hydrogen (secondary N) is 1. The number of fused-ring (bicyclic) bond motifs is 1. The van der Waals surface area contributed by atoms with Gasteiger partial charge in [0.25, 0.3) is 5.91 Å². The fourth-order valence-electron chi connectivity index (χ4n) is 4.49. The van der Waals surface area contributed by atoms with E-state index in [0.717, 1.165) is 17.3 Å². The number of aromatic nitrogens is 1. The van der Waals surface area contributed by atoms with Crippen LogP contribution in [0.15, 0.2) is 113 Å². The molecule has 5 aromatic rings. The molecule has 0 aliphatic carbocycles. The zero-order valence-corrected chi connectivity index (χ0v) is 24.1. The van der Waals surface area contributed by atoms with Gasteiger partial charge in [0.05, 0.1) is 12.1 Å². The predicted molar refractivity (Wildman–Crippen MR) is 166 cm³/mol. The van der Waals surface area contributed by atoms with Crippen LogP contribution in [0.1, 0.15) is 21.5 Å². The van der Waals surface area contributed by atoms with Crippen LogP contribution in [0.5, 0.6) is 5.88 Å². The first kappa shape index (κ1) is 29.2. The zero-order chi connectivity index (χ0) is 30.5. The first-order valence-electron chi connectivity index (χ1n) is 13.3. The Morgan fingerprint density at radius 1 is 0.977 bits per heavy atom. The number of amides is 2. The molecular weight excluding hydrogens is 569 g/mol. The van der Waals surface area contributed by atoms with Crippen molar-refractivity contribution in [2.75, 3.05) is 19.0 Å². The van der Waals surface area contributed by atoms with E-state index in [1.807, 2.05) is 61.5 Å². The van der Waals surface area contributed by atoms with Crippen LogP contribution >= 0.6 is 11.6 Å². The van der Waals surface area contributed by atoms with E-state index in [1.165, 1.54) is 24.3 Å². The van der Waals surface area contributed by atoms with Crippen molar-refractivity contribution in [3.05, 3.63) is 130 Å². The standard InChI is InChI=1S/C33H27ClFN5O3/c1-39(2)25-16-14-21(15-17-25)18-28(36-31(41)22-9-7-10-24(35)19-22)32(42)38-37-30-26-11-4-6-13-29(26)40(33(30)43)20-23-8-3-5-12-27(23)34/h3-19,43H,20H2,1-2H3,(H,36,41)/b28-18-,38-37?. The fraction of sp³-hybridized carbons (Fsp3) is 0.0909. The summed E-state index contributed by atoms with van der Waals surface area (Å²) in [4.78, 5) is 28.3. The summed E-state index contributed by atoms with van der Waals surface area (Å²) in [6.45, 7) is 0.257. The molecule has 0 aliphatic heterocycles. The van der Waals surface area contributed by atoms with Gasteiger partial charge in [-0.1, -0.05) is 66.2 Å². The summed E-state index contributed by atoms with van der Waals surface area (Å²) in [7, 11) is 3.81. The minimum atomic E-state index is -0.872. The van der Waals surface area contributed by atoms with Gasteiger partial charge in [0.2, 0.25) is 5.88 Å². The number of para-hydroxylation sites is 1. The molecule has 5 rings (SSSR count). The molecule has 0 fully saturated rings. The monoisotopic (exact) mass is 595 g/mol. The smallest absolute Gasteiger partial charge is 0.311 e. The molecule has 2 N–H and O–H groups in total. The Morgan fingerprint density at radius 2 is 1.70 bits per heavy atom. The second-order valence-electron chi connectivity index (χ2n) is 9.88. The molecule has 8 nitrogen and oxygen atoms in total. The quantitative estimate of drug-likeness (QED) is 0.145. The zero-order valence-electron chi connectivity index (χ0n) is 23.3. The number of anilines is 1. The summed E-state index contributed by atoms with van der Waals surface area (Å²) in [5.41, 5.74) is 2.93. The molecule has 4 aromatic carbocycles. The Morgan fingerprint density at radius 3 is 2.42 bits per heavy atom. The Kier molecular flexibility index (Phi) is 8.64. The number of carbonyl (C=O) groups excluding carboxylic acids is 2. The van der Waals surface area contributed by atoms with Crippen molar-refractivity contribution >= 4 is 51.8 Å². The van der Waals surface area contributed by atoms with Crippen LogP contribution in [0.25, 0.3) is 17.0 Å². The van der Waals surface area contributed by atoms with Crippen molar-refractivity contribution < 1.29 is 19.1 Å². The van der Waals surface area contributed by atoms with Gasteiger partial charge >= 0.3 is 5.91 Å². The highest BCUT2D eigenvalue weighted by Gasteiger charge is 2.19. The molecule has 0 unspecified atom stereocenters. The van der Waals surface area contributed by atoms with E-state index in [-0.39, 0.29) is 29.4 Å². The van der Waals surface area contributed by atoms with Gasteiger partial charge in [-0.05, 0) is 59.7 Å². The minimum absolute atomic E-state index is 0.0267. The first-order valence-corrected chi connectivity index (χ1v) is 13.6. The lowest BCUT2D eigenvalue weighted by molar-refractivity contribution is -0.115. The highest BCUT2D eigenvalue weighted by molar-refractivity contribution is 6.31. The van der Waals surface area contributed by atoms with E-state index in [9.17, 15) is 19.1 Å². The van der Waals surface area contributed by atoms with Crippen LogP contribution in [0.4, 0.5) is 15.8 Å². The fourth-order valence-corrected chi connectivity index (χ4v) is 4.68. The third-order valence-electron chi connectivity index (χ3n) is 6.73. The summed E-state index contributed by atoms with van der Waals surface area (Å²) in [6.07, 6.45) is 1.46. The molecule has 0 atom stereocenters. The number of benzene rings is 4. The predicted octanol–water partition coefficient (Wildman–Crippen LogP) is 7.34. The number of halogens is 2. The number of azo groups is 1. The molecule has 10 heteroatoms. The van der Waals surface area contributed by atoms with E-state index >= 15 is 0 Å². The third-order valence-corrected chi connectivity index (χ3v) is 7.10. The van der Waals surface area contributed by atoms with Crippen molar-refractivity contribution in [3.63, 3.8) is 0 Å². The normalized spacial score (nSPS) is 11.7. The van der Waals surface area contributed by atoms with E-state index < -0.39 is 17.6 Å². The molecule has 0 spiro atoms. The Bertz CT molecular complexity index is 1880. The van der Waals surface area contributed by atoms with Crippen molar-refractivity contribution in [2.24, 2.45) is 10.2 Å². The molecule has 1 aromatic heterocycles. The third kappa shape index (κ3) is 6.63. The summed E-state index contributed by atoms with van der Waals surface area (Å²) in [6, 6.07) is 26.8. The number of rotatable bonds is 8. The van der Waals surface area contributed by atoms with Crippen molar-refractivity contribution in [1.82, 2.24) is 9.88 Å². The van der Waals surface area contributed by atoms with Crippen LogP contribution < -0.4 is 10.2 Å². The van der Waals surface area contributed by atoms with Gasteiger partial charge in [-0.15, -0.1) is 10.2 Å². The maximum atomic E-state index is 13.8. The largest absolute Gasteiger partial charge is 0.493 e. The number of hydrogen-bond acceptors (Lipinski definition) is 5. The van der Waals surface area contributed by atoms with Gasteiger partial charge in [0.1, 0.15) is 11.5 Å². The molecular formula is C33H27ClFN5O3. The van der Waals surface area contributed by atoms with E-state index in [4.69, 9.17) is 11.6 Å². The lowest BCUT2D eigenvalue weighted by Crippen LogP contribution is -2.26. The summed E-state index contributed by atoms with van der Waals surface area (Å²) < 4.78 is 15.4. The van der Waals surface area contributed by atoms with Gasteiger partial charge in [-0.2, -0.15) is 0 Å². The molecule has 0 saturated carbocycles. The topological polar surface area (TPSA) is 99.3 Å². The van der Waals surface area contributed by atoms with Crippen LogP contribution in [0, 0.1) is 5.82 Å². The van der Waals surface area contributed by atoms with E-state index in [0.29, 0.717) is 21.5 Å². The maximum absolute atomic E-state index is 13.8. The van der Waals surface area contributed by atoms with Gasteiger partial charge in [0, 0.05) is 35.8 Å². The first-order chi connectivity index (χ1) is 20.7. The molecule has 2 amide bonds. The van der Waals surface area contributed by atoms with Crippen LogP contribution in [-0.2, 0) is 11.3 Å². The van der Waals surface area contributed by atoms with E-state index in [1.54, 1.807) is 34.9 Å². The number of carbonyl (C=O) groups is 2. The summed E-state index contributed by atoms with van der Waals surface area (Å²) in [5.74, 6) is -2.36. The molecule has 0 aliphatic rings. The SMILES string of the molecule is CN(C)c1ccc(/C=C(\NC(=O)c2cccc(F)c2)C(=O)N=Nc2c(O)n(Cc3ccccc3Cl)c3ccccc23)cc1. The lowest BCUT2D eigenvalue weighted by Gasteiger charge is -2.12. The van der Waals surface area contributed by atoms with Gasteiger partial charge < -0.3 is 19.9 Å². The highest BCUT2D eigenvalue weighted by Crippen LogP contribution is 2.39. The van der Waals surface area contributed by atoms with E-state index in [2.05, 4.69) is 15.5 Å². The summed E-state index contributed by atoms with van der Waals surface area (Å²) in [5, 5.41) is 22.8. The number of hydrogen-bond donors (Lipinski definition) is 2. The second kappa shape index (κ2) is 12.7. The Balaban J connectivity index is 1.50. The molecule has 0 saturated heterocycles. The van der Waals surface area contributed by atoms with Crippen LogP contribution in [0.2, 0.25) is 5.02 Å². The molecule has 0 radical (unpaired) electrons. The lowest BCUT2D eigenvalue weighted by atomic mass is 10.1. The van der Waals surface area contributed by atoms with Gasteiger partial charge in [-0.25, -0.2) is 4.39 Å². The molecule has 43 heavy (non-hydrogen) atoms. The van der Waals surface area contributed by atoms with Gasteiger partial charge in [0.15, 0.2) is 5.69 Å². The van der Waals surface area contributed by atoms with Crippen LogP contribution in [-0.4, -0.2) is 35.6 Å². The average molecular weight is 596 g/mol. The molecule has 1 heterocycles. The summed E-state index contributed by atoms with van der Waals surface area (Å²) >= 11 is 6.36. The maximum Gasteiger partial charge on any atom is 0.311 e. The number of nitrogens with zero attached hydrogens (tertiary/aromatic N) is 4. The molecule has 0 bridgehead atoms. The van der Waals surface area contributed by atoms with Crippen LogP contribution in [0.3, 0.4) is 0 Å². The number of aromatic hydroxyl groups is 1. The molecule has 216 valence electrons. The van der Waals surface area contributed by atoms with Crippen molar-refractivity contribution in [1.29, 1.82) is 0 Å². The van der Waals surface area contributed by atoms with Crippen molar-refractivity contribution in [3.8, 4) is 5.88 Å². The van der Waals surface area contributed by atoms with Crippen molar-refractivity contribution in [2.45, 2.75) is 6.54 Å². The highest BCUT2D eigenvalue weighted by atomic mass is 35.5. The minimum Gasteiger partial charge on any atom is -0.493 e. The average Bonchev–Trinajstić information content (AvgIpc) is 3.26. The Labute approximate surface area is 252 Å². The Hall–Kier alpha value is -5.28. The van der Waals surface area contributed by atoms with Gasteiger partial charge in [-0.3, -0.25) is 9.59 Å². The second-order valence-corrected chi connectivity index (χ2v) is 10.3.